The van der Waals surface area contributed by atoms with Gasteiger partial charge in [-0.1, -0.05) is 19.8 Å². The molecule has 0 saturated heterocycles. The molecule has 0 atom stereocenters. The van der Waals surface area contributed by atoms with E-state index in [1.807, 2.05) is 0 Å². The first-order chi connectivity index (χ1) is 8.17. The molecule has 0 bridgehead atoms. The maximum atomic E-state index is 12.7. The van der Waals surface area contributed by atoms with Crippen molar-refractivity contribution in [3.8, 4) is 0 Å². The second-order valence-corrected chi connectivity index (χ2v) is 5.93. The Morgan fingerprint density at radius 1 is 1.29 bits per heavy atom. The molecule has 0 unspecified atom stereocenters. The van der Waals surface area contributed by atoms with Gasteiger partial charge in [0.15, 0.2) is 0 Å². The lowest BCUT2D eigenvalue weighted by atomic mass is 9.84. The number of carbonyl (C=O) groups is 1. The molecule has 2 fully saturated rings. The Balaban J connectivity index is 2.00. The predicted molar refractivity (Wildman–Crippen MR) is 67.6 cm³/mol. The summed E-state index contributed by atoms with van der Waals surface area (Å²) in [4.78, 5) is 14.7. The fourth-order valence-corrected chi connectivity index (χ4v) is 3.11. The van der Waals surface area contributed by atoms with E-state index in [0.717, 1.165) is 38.6 Å². The highest BCUT2D eigenvalue weighted by molar-refractivity contribution is 5.83. The van der Waals surface area contributed by atoms with Crippen LogP contribution in [0.25, 0.3) is 0 Å². The summed E-state index contributed by atoms with van der Waals surface area (Å²) in [6, 6.07) is 0.464. The van der Waals surface area contributed by atoms with Crippen molar-refractivity contribution in [2.45, 2.75) is 64.3 Å². The third-order valence-electron chi connectivity index (χ3n) is 4.56. The van der Waals surface area contributed by atoms with Crippen LogP contribution in [0.1, 0.15) is 58.3 Å². The SMILES string of the molecule is CC1(C(=O)N(CCCO)C2CCC2)CCCC1. The van der Waals surface area contributed by atoms with Gasteiger partial charge in [-0.15, -0.1) is 0 Å². The number of hydrogen-bond donors (Lipinski definition) is 1. The number of aliphatic hydroxyl groups is 1. The van der Waals surface area contributed by atoms with Gasteiger partial charge in [-0.25, -0.2) is 0 Å². The summed E-state index contributed by atoms with van der Waals surface area (Å²) < 4.78 is 0. The van der Waals surface area contributed by atoms with Crippen molar-refractivity contribution in [3.63, 3.8) is 0 Å². The number of amides is 1. The van der Waals surface area contributed by atoms with Gasteiger partial charge in [-0.3, -0.25) is 4.79 Å². The molecule has 3 nitrogen and oxygen atoms in total. The molecule has 2 aliphatic rings. The molecule has 0 radical (unpaired) electrons. The molecule has 2 saturated carbocycles. The lowest BCUT2D eigenvalue weighted by molar-refractivity contribution is -0.145. The van der Waals surface area contributed by atoms with Crippen molar-refractivity contribution in [1.29, 1.82) is 0 Å². The molecule has 0 aromatic rings. The van der Waals surface area contributed by atoms with Crippen LogP contribution in [-0.2, 0) is 4.79 Å². The minimum atomic E-state index is -0.106. The van der Waals surface area contributed by atoms with Gasteiger partial charge in [0.05, 0.1) is 0 Å². The van der Waals surface area contributed by atoms with Crippen LogP contribution < -0.4 is 0 Å². The molecule has 0 heterocycles. The molecule has 2 aliphatic carbocycles. The summed E-state index contributed by atoms with van der Waals surface area (Å²) in [6.45, 7) is 3.07. The first-order valence-electron chi connectivity index (χ1n) is 7.09. The summed E-state index contributed by atoms with van der Waals surface area (Å²) >= 11 is 0. The maximum Gasteiger partial charge on any atom is 0.228 e. The van der Waals surface area contributed by atoms with E-state index in [-0.39, 0.29) is 12.0 Å². The van der Waals surface area contributed by atoms with Crippen molar-refractivity contribution >= 4 is 5.91 Å². The number of carbonyl (C=O) groups excluding carboxylic acids is 1. The molecule has 17 heavy (non-hydrogen) atoms. The number of nitrogens with zero attached hydrogens (tertiary/aromatic N) is 1. The van der Waals surface area contributed by atoms with Gasteiger partial charge in [-0.2, -0.15) is 0 Å². The highest BCUT2D eigenvalue weighted by atomic mass is 16.3. The highest BCUT2D eigenvalue weighted by Crippen LogP contribution is 2.40. The molecule has 0 spiro atoms. The number of rotatable bonds is 5. The Morgan fingerprint density at radius 3 is 2.41 bits per heavy atom. The molecule has 0 aromatic carbocycles. The molecular formula is C14H25NO2. The Labute approximate surface area is 104 Å². The fourth-order valence-electron chi connectivity index (χ4n) is 3.11. The standard InChI is InChI=1S/C14H25NO2/c1-14(8-2-3-9-14)13(17)15(10-5-11-16)12-6-4-7-12/h12,16H,2-11H2,1H3. The monoisotopic (exact) mass is 239 g/mol. The molecule has 0 aliphatic heterocycles. The zero-order chi connectivity index (χ0) is 12.3. The third kappa shape index (κ3) is 2.65. The Kier molecular flexibility index (Phi) is 4.08. The quantitative estimate of drug-likeness (QED) is 0.800. The van der Waals surface area contributed by atoms with E-state index < -0.39 is 0 Å². The van der Waals surface area contributed by atoms with Gasteiger partial charge in [0.25, 0.3) is 0 Å². The van der Waals surface area contributed by atoms with E-state index in [1.54, 1.807) is 0 Å². The smallest absolute Gasteiger partial charge is 0.228 e. The van der Waals surface area contributed by atoms with Gasteiger partial charge >= 0.3 is 0 Å². The van der Waals surface area contributed by atoms with Crippen molar-refractivity contribution in [2.24, 2.45) is 5.41 Å². The van der Waals surface area contributed by atoms with Crippen LogP contribution in [0, 0.1) is 5.41 Å². The fraction of sp³-hybridized carbons (Fsp3) is 0.929. The molecule has 0 aromatic heterocycles. The van der Waals surface area contributed by atoms with Crippen LogP contribution in [0.5, 0.6) is 0 Å². The Bertz CT molecular complexity index is 267. The summed E-state index contributed by atoms with van der Waals surface area (Å²) in [5.41, 5.74) is -0.106. The number of hydrogen-bond acceptors (Lipinski definition) is 2. The van der Waals surface area contributed by atoms with E-state index in [1.165, 1.54) is 19.3 Å². The molecule has 1 amide bonds. The van der Waals surface area contributed by atoms with Gasteiger partial charge in [0.1, 0.15) is 0 Å². The van der Waals surface area contributed by atoms with Crippen LogP contribution in [0.2, 0.25) is 0 Å². The summed E-state index contributed by atoms with van der Waals surface area (Å²) in [5.74, 6) is 0.355. The summed E-state index contributed by atoms with van der Waals surface area (Å²) in [7, 11) is 0. The molecule has 2 rings (SSSR count). The summed E-state index contributed by atoms with van der Waals surface area (Å²) in [6.07, 6.45) is 8.78. The van der Waals surface area contributed by atoms with Crippen LogP contribution in [0.4, 0.5) is 0 Å². The van der Waals surface area contributed by atoms with Crippen LogP contribution >= 0.6 is 0 Å². The van der Waals surface area contributed by atoms with Gasteiger partial charge in [-0.05, 0) is 38.5 Å². The third-order valence-corrected chi connectivity index (χ3v) is 4.56. The van der Waals surface area contributed by atoms with E-state index in [0.29, 0.717) is 11.9 Å². The van der Waals surface area contributed by atoms with Gasteiger partial charge in [0, 0.05) is 24.6 Å². The lowest BCUT2D eigenvalue weighted by Gasteiger charge is -2.41. The largest absolute Gasteiger partial charge is 0.396 e. The van der Waals surface area contributed by atoms with E-state index >= 15 is 0 Å². The normalized spacial score (nSPS) is 23.4. The Hall–Kier alpha value is -0.570. The second-order valence-electron chi connectivity index (χ2n) is 5.93. The van der Waals surface area contributed by atoms with Gasteiger partial charge in [0.2, 0.25) is 5.91 Å². The maximum absolute atomic E-state index is 12.7. The van der Waals surface area contributed by atoms with Crippen LogP contribution in [-0.4, -0.2) is 35.1 Å². The summed E-state index contributed by atoms with van der Waals surface area (Å²) in [5, 5.41) is 8.96. The average molecular weight is 239 g/mol. The first kappa shape index (κ1) is 12.9. The second kappa shape index (κ2) is 5.38. The van der Waals surface area contributed by atoms with Crippen molar-refractivity contribution in [1.82, 2.24) is 4.90 Å². The van der Waals surface area contributed by atoms with Crippen molar-refractivity contribution in [3.05, 3.63) is 0 Å². The minimum Gasteiger partial charge on any atom is -0.396 e. The first-order valence-corrected chi connectivity index (χ1v) is 7.09. The zero-order valence-corrected chi connectivity index (χ0v) is 11.0. The molecule has 98 valence electrons. The van der Waals surface area contributed by atoms with E-state index in [9.17, 15) is 4.79 Å². The minimum absolute atomic E-state index is 0.106. The molecular weight excluding hydrogens is 214 g/mol. The van der Waals surface area contributed by atoms with Gasteiger partial charge < -0.3 is 10.0 Å². The molecule has 1 N–H and O–H groups in total. The van der Waals surface area contributed by atoms with Crippen molar-refractivity contribution in [2.75, 3.05) is 13.2 Å². The van der Waals surface area contributed by atoms with E-state index in [4.69, 9.17) is 5.11 Å². The van der Waals surface area contributed by atoms with Crippen LogP contribution in [0.3, 0.4) is 0 Å². The average Bonchev–Trinajstić information content (AvgIpc) is 2.69. The molecule has 3 heteroatoms. The van der Waals surface area contributed by atoms with E-state index in [2.05, 4.69) is 11.8 Å². The zero-order valence-electron chi connectivity index (χ0n) is 11.0. The highest BCUT2D eigenvalue weighted by Gasteiger charge is 2.41. The number of aliphatic hydroxyl groups excluding tert-OH is 1. The van der Waals surface area contributed by atoms with Crippen LogP contribution in [0.15, 0.2) is 0 Å². The Morgan fingerprint density at radius 2 is 1.94 bits per heavy atom. The lowest BCUT2D eigenvalue weighted by Crippen LogP contribution is -2.50. The topological polar surface area (TPSA) is 40.5 Å². The predicted octanol–water partition coefficient (Wildman–Crippen LogP) is 2.33. The van der Waals surface area contributed by atoms with Crippen molar-refractivity contribution < 1.29 is 9.90 Å².